The van der Waals surface area contributed by atoms with Gasteiger partial charge >= 0.3 is 0 Å². The molecular weight excluding hydrogens is 1010 g/mol. The fraction of sp³-hybridized carbons (Fsp3) is 0.845. The van der Waals surface area contributed by atoms with Crippen LogP contribution in [-0.4, -0.2) is 68.5 Å². The molecule has 0 bridgehead atoms. The summed E-state index contributed by atoms with van der Waals surface area (Å²) in [5, 5.41) is 13.9. The fourth-order valence-corrected chi connectivity index (χ4v) is 11.0. The zero-order valence-corrected chi connectivity index (χ0v) is 54.7. The monoisotopic (exact) mass is 1140 g/mol. The van der Waals surface area contributed by atoms with Crippen LogP contribution in [0.5, 0.6) is 0 Å². The Morgan fingerprint density at radius 1 is 0.438 bits per heavy atom. The molecule has 0 aliphatic heterocycles. The third kappa shape index (κ3) is 63.8. The highest BCUT2D eigenvalue weighted by Crippen LogP contribution is 2.38. The van der Waals surface area contributed by atoms with Crippen molar-refractivity contribution >= 4 is 13.7 Å². The Bertz CT molecular complexity index is 1490. The molecule has 3 unspecified atom stereocenters. The number of unbranched alkanes of at least 4 members (excludes halogenated alkanes) is 43. The number of carbonyl (C=O) groups excluding carboxylic acids is 1. The molecule has 8 nitrogen and oxygen atoms in total. The lowest BCUT2D eigenvalue weighted by Gasteiger charge is -2.29. The van der Waals surface area contributed by atoms with Crippen LogP contribution in [-0.2, 0) is 18.4 Å². The molecule has 0 fully saturated rings. The van der Waals surface area contributed by atoms with E-state index in [9.17, 15) is 19.4 Å². The van der Waals surface area contributed by atoms with Crippen molar-refractivity contribution < 1.29 is 32.9 Å². The fourth-order valence-electron chi connectivity index (χ4n) is 10.3. The van der Waals surface area contributed by atoms with Gasteiger partial charge in [0.15, 0.2) is 0 Å². The number of carbonyl (C=O) groups is 1. The molecule has 0 radical (unpaired) electrons. The Hall–Kier alpha value is -1.80. The first-order valence-electron chi connectivity index (χ1n) is 34.7. The summed E-state index contributed by atoms with van der Waals surface area (Å²) in [5.74, 6) is -0.202. The topological polar surface area (TPSA) is 108 Å². The molecule has 9 heteroatoms. The van der Waals surface area contributed by atoms with Gasteiger partial charge in [-0.1, -0.05) is 319 Å². The van der Waals surface area contributed by atoms with E-state index >= 15 is 0 Å². The zero-order chi connectivity index (χ0) is 58.4. The summed E-state index contributed by atoms with van der Waals surface area (Å²) in [5.41, 5.74) is 0. The van der Waals surface area contributed by atoms with Crippen molar-refractivity contribution in [2.75, 3.05) is 40.9 Å². The van der Waals surface area contributed by atoms with Crippen LogP contribution in [0.25, 0.3) is 0 Å². The molecule has 470 valence electrons. The molecular formula is C71H135N2O6P. The number of likely N-dealkylation sites (N-methyl/N-ethyl adjacent to an activating group) is 1. The lowest BCUT2D eigenvalue weighted by molar-refractivity contribution is -0.870. The molecule has 2 N–H and O–H groups in total. The normalized spacial score (nSPS) is 14.0. The van der Waals surface area contributed by atoms with Crippen LogP contribution in [0, 0.1) is 0 Å². The maximum atomic E-state index is 13.0. The summed E-state index contributed by atoms with van der Waals surface area (Å²) in [4.78, 5) is 25.6. The Kier molecular flexibility index (Phi) is 60.4. The van der Waals surface area contributed by atoms with Crippen LogP contribution in [0.1, 0.15) is 335 Å². The van der Waals surface area contributed by atoms with E-state index in [1.807, 2.05) is 27.2 Å². The standard InChI is InChI=1S/C71H135N2O6P/c1-6-8-10-12-14-16-18-20-22-24-26-28-29-30-31-32-33-34-35-36-37-38-39-40-41-42-43-45-47-49-51-53-55-57-59-61-63-65-71(75)72-69(68-79-80(76,77)78-67-66-73(3,4)5)70(74)64-62-60-58-56-54-52-50-48-46-44-27-25-23-21-19-17-15-13-11-9-7-2/h18,20,24,26,29-30,54,56,62,64,69-70,74H,6-17,19,21-23,25,27-28,31-53,55,57-61,63,65-68H2,1-5H3,(H-,72,75,76,77)/b20-18-,26-24-,30-29-,56-54+,64-62+. The third-order valence-electron chi connectivity index (χ3n) is 15.7. The van der Waals surface area contributed by atoms with E-state index in [0.717, 1.165) is 51.4 Å². The molecule has 0 saturated heterocycles. The number of rotatable bonds is 64. The van der Waals surface area contributed by atoms with E-state index in [0.29, 0.717) is 17.4 Å². The lowest BCUT2D eigenvalue weighted by Crippen LogP contribution is -2.45. The van der Waals surface area contributed by atoms with Crippen molar-refractivity contribution in [2.45, 2.75) is 347 Å². The van der Waals surface area contributed by atoms with E-state index in [4.69, 9.17) is 9.05 Å². The molecule has 0 spiro atoms. The third-order valence-corrected chi connectivity index (χ3v) is 16.7. The van der Waals surface area contributed by atoms with Crippen molar-refractivity contribution in [1.29, 1.82) is 0 Å². The van der Waals surface area contributed by atoms with Crippen LogP contribution < -0.4 is 10.2 Å². The SMILES string of the molecule is CCCCCCC/C=C\C/C=C\C/C=C\CCCCCCCCCCCCCCCCCCCCCCCCC(=O)NC(COP(=O)([O-])OCC[N+](C)(C)C)C(O)/C=C/CC/C=C/CCCCCCCCCCCCCCCCC. The molecule has 3 atom stereocenters. The molecule has 80 heavy (non-hydrogen) atoms. The quantitative estimate of drug-likeness (QED) is 0.0272. The number of hydrogen-bond acceptors (Lipinski definition) is 6. The Balaban J connectivity index is 4.01. The minimum atomic E-state index is -4.61. The summed E-state index contributed by atoms with van der Waals surface area (Å²) < 4.78 is 23.4. The Morgan fingerprint density at radius 2 is 0.738 bits per heavy atom. The number of aliphatic hydroxyl groups is 1. The number of nitrogens with one attached hydrogen (secondary N) is 1. The second-order valence-corrected chi connectivity index (χ2v) is 26.3. The van der Waals surface area contributed by atoms with Crippen LogP contribution in [0.2, 0.25) is 0 Å². The van der Waals surface area contributed by atoms with Gasteiger partial charge < -0.3 is 28.8 Å². The van der Waals surface area contributed by atoms with Gasteiger partial charge in [0.2, 0.25) is 5.91 Å². The molecule has 0 saturated carbocycles. The van der Waals surface area contributed by atoms with E-state index in [1.165, 1.54) is 263 Å². The number of phosphoric ester groups is 1. The van der Waals surface area contributed by atoms with E-state index < -0.39 is 26.6 Å². The van der Waals surface area contributed by atoms with Gasteiger partial charge in [-0.2, -0.15) is 0 Å². The predicted octanol–water partition coefficient (Wildman–Crippen LogP) is 21.4. The Labute approximate surface area is 498 Å². The maximum absolute atomic E-state index is 13.0. The van der Waals surface area contributed by atoms with Crippen molar-refractivity contribution in [3.05, 3.63) is 60.8 Å². The first kappa shape index (κ1) is 78.2. The van der Waals surface area contributed by atoms with Gasteiger partial charge in [-0.3, -0.25) is 9.36 Å². The average molecular weight is 1140 g/mol. The minimum absolute atomic E-state index is 0.00577. The molecule has 0 aromatic heterocycles. The summed E-state index contributed by atoms with van der Waals surface area (Å²) >= 11 is 0. The van der Waals surface area contributed by atoms with E-state index in [1.54, 1.807) is 6.08 Å². The molecule has 0 aromatic carbocycles. The Morgan fingerprint density at radius 3 is 1.10 bits per heavy atom. The van der Waals surface area contributed by atoms with Gasteiger partial charge in [-0.05, 0) is 70.6 Å². The highest BCUT2D eigenvalue weighted by Gasteiger charge is 2.23. The second kappa shape index (κ2) is 61.8. The van der Waals surface area contributed by atoms with Gasteiger partial charge in [0.1, 0.15) is 13.2 Å². The van der Waals surface area contributed by atoms with Crippen LogP contribution in [0.3, 0.4) is 0 Å². The van der Waals surface area contributed by atoms with Crippen LogP contribution in [0.15, 0.2) is 60.8 Å². The van der Waals surface area contributed by atoms with E-state index in [2.05, 4.69) is 67.8 Å². The summed E-state index contributed by atoms with van der Waals surface area (Å²) in [7, 11) is 1.25. The van der Waals surface area contributed by atoms with Crippen LogP contribution in [0.4, 0.5) is 0 Å². The largest absolute Gasteiger partial charge is 0.756 e. The number of hydrogen-bond donors (Lipinski definition) is 2. The summed E-state index contributed by atoms with van der Waals surface area (Å²) in [6.07, 6.45) is 84.9. The lowest BCUT2D eigenvalue weighted by atomic mass is 10.0. The van der Waals surface area contributed by atoms with Crippen molar-refractivity contribution in [1.82, 2.24) is 5.32 Å². The first-order valence-corrected chi connectivity index (χ1v) is 36.1. The number of phosphoric acid groups is 1. The molecule has 0 aliphatic carbocycles. The predicted molar refractivity (Wildman–Crippen MR) is 348 cm³/mol. The summed E-state index contributed by atoms with van der Waals surface area (Å²) in [6.45, 7) is 4.66. The smallest absolute Gasteiger partial charge is 0.268 e. The first-order chi connectivity index (χ1) is 39.0. The number of quaternary nitrogens is 1. The maximum Gasteiger partial charge on any atom is 0.268 e. The second-order valence-electron chi connectivity index (χ2n) is 24.9. The highest BCUT2D eigenvalue weighted by atomic mass is 31.2. The molecule has 0 aromatic rings. The van der Waals surface area contributed by atoms with Gasteiger partial charge in [-0.25, -0.2) is 0 Å². The number of amides is 1. The molecule has 0 heterocycles. The zero-order valence-electron chi connectivity index (χ0n) is 53.8. The van der Waals surface area contributed by atoms with Crippen molar-refractivity contribution in [3.63, 3.8) is 0 Å². The van der Waals surface area contributed by atoms with Gasteiger partial charge in [0.05, 0.1) is 39.9 Å². The average Bonchev–Trinajstić information content (AvgIpc) is 3.42. The molecule has 0 rings (SSSR count). The van der Waals surface area contributed by atoms with Crippen LogP contribution >= 0.6 is 7.82 Å². The van der Waals surface area contributed by atoms with Gasteiger partial charge in [-0.15, -0.1) is 0 Å². The van der Waals surface area contributed by atoms with Gasteiger partial charge in [0.25, 0.3) is 7.82 Å². The van der Waals surface area contributed by atoms with Crippen molar-refractivity contribution in [2.24, 2.45) is 0 Å². The number of nitrogens with zero attached hydrogens (tertiary/aromatic N) is 1. The number of allylic oxidation sites excluding steroid dienone is 9. The molecule has 0 aliphatic rings. The van der Waals surface area contributed by atoms with Gasteiger partial charge in [0, 0.05) is 6.42 Å². The van der Waals surface area contributed by atoms with Crippen molar-refractivity contribution in [3.8, 4) is 0 Å². The van der Waals surface area contributed by atoms with E-state index in [-0.39, 0.29) is 12.5 Å². The number of aliphatic hydroxyl groups excluding tert-OH is 1. The highest BCUT2D eigenvalue weighted by molar-refractivity contribution is 7.45. The molecule has 1 amide bonds. The summed E-state index contributed by atoms with van der Waals surface area (Å²) in [6, 6.07) is -0.904. The minimum Gasteiger partial charge on any atom is -0.756 e.